The van der Waals surface area contributed by atoms with E-state index in [2.05, 4.69) is 5.32 Å². The minimum atomic E-state index is -0.398. The third kappa shape index (κ3) is 2.18. The fraction of sp³-hybridized carbons (Fsp3) is 0.417. The van der Waals surface area contributed by atoms with Crippen LogP contribution in [0.15, 0.2) is 30.3 Å². The van der Waals surface area contributed by atoms with E-state index in [1.165, 1.54) is 12.7 Å². The number of esters is 1. The maximum atomic E-state index is 11.4. The number of carbonyl (C=O) groups is 1. The molecule has 1 fully saturated rings. The van der Waals surface area contributed by atoms with Crippen molar-refractivity contribution in [3.05, 3.63) is 35.9 Å². The molecular weight excluding hydrogens is 190 g/mol. The Balaban J connectivity index is 1.91. The van der Waals surface area contributed by atoms with E-state index in [0.29, 0.717) is 0 Å². The highest BCUT2D eigenvalue weighted by Crippen LogP contribution is 2.36. The summed E-state index contributed by atoms with van der Waals surface area (Å²) in [6.07, 6.45) is 1.76. The smallest absolute Gasteiger partial charge is 0.326 e. The molecule has 0 radical (unpaired) electrons. The number of nitrogens with one attached hydrogen (secondary N) is 1. The second kappa shape index (κ2) is 4.03. The molecule has 1 aromatic rings. The lowest BCUT2D eigenvalue weighted by Crippen LogP contribution is -2.39. The number of hydrogen-bond donors (Lipinski definition) is 1. The summed E-state index contributed by atoms with van der Waals surface area (Å²) in [5.41, 5.74) is 0.789. The van der Waals surface area contributed by atoms with Gasteiger partial charge < -0.3 is 4.74 Å². The first-order valence-corrected chi connectivity index (χ1v) is 5.14. The molecule has 3 nitrogen and oxygen atoms in total. The van der Waals surface area contributed by atoms with Gasteiger partial charge in [0, 0.05) is 6.54 Å². The second-order valence-corrected chi connectivity index (χ2v) is 3.91. The molecule has 0 aliphatic heterocycles. The topological polar surface area (TPSA) is 38.3 Å². The molecule has 1 aliphatic carbocycles. The van der Waals surface area contributed by atoms with Gasteiger partial charge in [-0.1, -0.05) is 30.3 Å². The minimum absolute atomic E-state index is 0.140. The van der Waals surface area contributed by atoms with Gasteiger partial charge in [0.15, 0.2) is 0 Å². The number of rotatable bonds is 4. The van der Waals surface area contributed by atoms with Gasteiger partial charge in [-0.2, -0.15) is 0 Å². The zero-order valence-corrected chi connectivity index (χ0v) is 8.82. The molecule has 1 aromatic carbocycles. The molecule has 1 saturated carbocycles. The third-order valence-corrected chi connectivity index (χ3v) is 2.80. The first-order chi connectivity index (χ1) is 7.27. The van der Waals surface area contributed by atoms with Crippen LogP contribution in [0.1, 0.15) is 18.4 Å². The van der Waals surface area contributed by atoms with E-state index in [1.807, 2.05) is 30.3 Å². The van der Waals surface area contributed by atoms with E-state index in [4.69, 9.17) is 4.74 Å². The quantitative estimate of drug-likeness (QED) is 0.757. The highest BCUT2D eigenvalue weighted by molar-refractivity contribution is 5.84. The van der Waals surface area contributed by atoms with Crippen LogP contribution in [0.25, 0.3) is 0 Å². The molecular formula is C12H15NO2. The first kappa shape index (κ1) is 10.2. The molecule has 1 aliphatic rings. The molecule has 1 N–H and O–H groups in total. The normalized spacial score (nSPS) is 17.1. The predicted octanol–water partition coefficient (Wildman–Crippen LogP) is 1.48. The monoisotopic (exact) mass is 205 g/mol. The lowest BCUT2D eigenvalue weighted by atomic mass is 10.2. The van der Waals surface area contributed by atoms with Crippen molar-refractivity contribution in [2.45, 2.75) is 24.9 Å². The van der Waals surface area contributed by atoms with E-state index in [1.54, 1.807) is 0 Å². The van der Waals surface area contributed by atoms with Gasteiger partial charge >= 0.3 is 5.97 Å². The van der Waals surface area contributed by atoms with Crippen molar-refractivity contribution in [2.24, 2.45) is 0 Å². The van der Waals surface area contributed by atoms with Crippen LogP contribution < -0.4 is 5.32 Å². The zero-order chi connectivity index (χ0) is 10.7. The Kier molecular flexibility index (Phi) is 2.73. The molecule has 3 heteroatoms. The van der Waals surface area contributed by atoms with Crippen molar-refractivity contribution in [1.82, 2.24) is 5.32 Å². The van der Waals surface area contributed by atoms with Crippen LogP contribution in [-0.4, -0.2) is 18.6 Å². The zero-order valence-electron chi connectivity index (χ0n) is 8.82. The van der Waals surface area contributed by atoms with Crippen molar-refractivity contribution in [3.8, 4) is 0 Å². The lowest BCUT2D eigenvalue weighted by molar-refractivity contribution is -0.144. The minimum Gasteiger partial charge on any atom is -0.468 e. The van der Waals surface area contributed by atoms with Gasteiger partial charge in [-0.15, -0.1) is 0 Å². The molecule has 0 saturated heterocycles. The van der Waals surface area contributed by atoms with Crippen molar-refractivity contribution in [3.63, 3.8) is 0 Å². The number of ether oxygens (including phenoxy) is 1. The van der Waals surface area contributed by atoms with E-state index in [9.17, 15) is 4.79 Å². The summed E-state index contributed by atoms with van der Waals surface area (Å²) in [6.45, 7) is 0.718. The van der Waals surface area contributed by atoms with E-state index >= 15 is 0 Å². The SMILES string of the molecule is COC(=O)C1(NCc2ccccc2)CC1. The second-order valence-electron chi connectivity index (χ2n) is 3.91. The Labute approximate surface area is 89.4 Å². The summed E-state index contributed by atoms with van der Waals surface area (Å²) in [5.74, 6) is -0.140. The molecule has 80 valence electrons. The molecule has 0 heterocycles. The van der Waals surface area contributed by atoms with Gasteiger partial charge in [0.1, 0.15) is 5.54 Å². The Hall–Kier alpha value is -1.35. The van der Waals surface area contributed by atoms with Crippen molar-refractivity contribution < 1.29 is 9.53 Å². The van der Waals surface area contributed by atoms with Gasteiger partial charge in [0.2, 0.25) is 0 Å². The Morgan fingerprint density at radius 2 is 2.07 bits per heavy atom. The fourth-order valence-corrected chi connectivity index (χ4v) is 1.64. The van der Waals surface area contributed by atoms with E-state index in [0.717, 1.165) is 19.4 Å². The van der Waals surface area contributed by atoms with Gasteiger partial charge in [-0.05, 0) is 18.4 Å². The van der Waals surface area contributed by atoms with Crippen LogP contribution in [0.3, 0.4) is 0 Å². The van der Waals surface area contributed by atoms with Crippen LogP contribution in [0, 0.1) is 0 Å². The van der Waals surface area contributed by atoms with Gasteiger partial charge in [-0.3, -0.25) is 10.1 Å². The average Bonchev–Trinajstić information content (AvgIpc) is 3.08. The van der Waals surface area contributed by atoms with Crippen molar-refractivity contribution >= 4 is 5.97 Å². The number of hydrogen-bond acceptors (Lipinski definition) is 3. The lowest BCUT2D eigenvalue weighted by Gasteiger charge is -2.14. The summed E-state index contributed by atoms with van der Waals surface area (Å²) in [4.78, 5) is 11.4. The van der Waals surface area contributed by atoms with Crippen LogP contribution in [0.5, 0.6) is 0 Å². The summed E-state index contributed by atoms with van der Waals surface area (Å²) in [5, 5.41) is 3.26. The first-order valence-electron chi connectivity index (χ1n) is 5.14. The van der Waals surface area contributed by atoms with Crippen LogP contribution in [0.4, 0.5) is 0 Å². The number of carbonyl (C=O) groups excluding carboxylic acids is 1. The molecule has 0 bridgehead atoms. The summed E-state index contributed by atoms with van der Waals surface area (Å²) in [7, 11) is 1.44. The maximum absolute atomic E-state index is 11.4. The number of benzene rings is 1. The predicted molar refractivity (Wildman–Crippen MR) is 57.3 cm³/mol. The summed E-state index contributed by atoms with van der Waals surface area (Å²) >= 11 is 0. The van der Waals surface area contributed by atoms with Gasteiger partial charge in [0.25, 0.3) is 0 Å². The highest BCUT2D eigenvalue weighted by atomic mass is 16.5. The maximum Gasteiger partial charge on any atom is 0.326 e. The molecule has 0 atom stereocenters. The molecule has 0 amide bonds. The summed E-state index contributed by atoms with van der Waals surface area (Å²) < 4.78 is 4.76. The Morgan fingerprint density at radius 3 is 2.60 bits per heavy atom. The molecule has 15 heavy (non-hydrogen) atoms. The van der Waals surface area contributed by atoms with Gasteiger partial charge in [0.05, 0.1) is 7.11 Å². The third-order valence-electron chi connectivity index (χ3n) is 2.80. The van der Waals surface area contributed by atoms with Crippen LogP contribution in [0.2, 0.25) is 0 Å². The van der Waals surface area contributed by atoms with Crippen LogP contribution >= 0.6 is 0 Å². The van der Waals surface area contributed by atoms with Crippen molar-refractivity contribution in [2.75, 3.05) is 7.11 Å². The summed E-state index contributed by atoms with van der Waals surface area (Å²) in [6, 6.07) is 10.1. The highest BCUT2D eigenvalue weighted by Gasteiger charge is 2.50. The molecule has 2 rings (SSSR count). The Bertz CT molecular complexity index is 344. The van der Waals surface area contributed by atoms with Gasteiger partial charge in [-0.25, -0.2) is 0 Å². The molecule has 0 unspecified atom stereocenters. The average molecular weight is 205 g/mol. The number of methoxy groups -OCH3 is 1. The Morgan fingerprint density at radius 1 is 1.40 bits per heavy atom. The molecule has 0 aromatic heterocycles. The fourth-order valence-electron chi connectivity index (χ4n) is 1.64. The van der Waals surface area contributed by atoms with Crippen molar-refractivity contribution in [1.29, 1.82) is 0 Å². The standard InChI is InChI=1S/C12H15NO2/c1-15-11(14)12(7-8-12)13-9-10-5-3-2-4-6-10/h2-6,13H,7-9H2,1H3. The van der Waals surface area contributed by atoms with E-state index < -0.39 is 5.54 Å². The molecule has 0 spiro atoms. The van der Waals surface area contributed by atoms with E-state index in [-0.39, 0.29) is 5.97 Å². The largest absolute Gasteiger partial charge is 0.468 e. The van der Waals surface area contributed by atoms with Crippen LogP contribution in [-0.2, 0) is 16.1 Å².